The van der Waals surface area contributed by atoms with Crippen molar-refractivity contribution in [3.63, 3.8) is 0 Å². The predicted molar refractivity (Wildman–Crippen MR) is 112 cm³/mol. The number of fused-ring (bicyclic) bond motifs is 2. The van der Waals surface area contributed by atoms with E-state index in [4.69, 9.17) is 4.74 Å². The summed E-state index contributed by atoms with van der Waals surface area (Å²) in [5, 5.41) is 3.35. The van der Waals surface area contributed by atoms with Crippen LogP contribution < -0.4 is 5.32 Å². The van der Waals surface area contributed by atoms with Crippen molar-refractivity contribution in [2.45, 2.75) is 77.2 Å². The topological polar surface area (TPSA) is 75.7 Å². The van der Waals surface area contributed by atoms with Crippen LogP contribution in [0.25, 0.3) is 0 Å². The normalized spacial score (nSPS) is 23.7. The summed E-state index contributed by atoms with van der Waals surface area (Å²) in [6, 6.07) is 0.313. The smallest absolute Gasteiger partial charge is 0.341 e. The van der Waals surface area contributed by atoms with E-state index in [-0.39, 0.29) is 18.4 Å². The monoisotopic (exact) mass is 418 g/mol. The van der Waals surface area contributed by atoms with Gasteiger partial charge < -0.3 is 15.0 Å². The number of likely N-dealkylation sites (tertiary alicyclic amines) is 1. The van der Waals surface area contributed by atoms with E-state index >= 15 is 0 Å². The Bertz CT molecular complexity index is 801. The molecule has 1 aromatic rings. The summed E-state index contributed by atoms with van der Waals surface area (Å²) in [5.74, 6) is -0.170. The van der Waals surface area contributed by atoms with Crippen LogP contribution in [0.1, 0.15) is 79.1 Å². The quantitative estimate of drug-likeness (QED) is 0.752. The van der Waals surface area contributed by atoms with Gasteiger partial charge in [-0.3, -0.25) is 9.59 Å². The first-order valence-corrected chi connectivity index (χ1v) is 11.7. The molecule has 0 radical (unpaired) electrons. The lowest BCUT2D eigenvalue weighted by Crippen LogP contribution is -2.50. The van der Waals surface area contributed by atoms with Gasteiger partial charge in [0.15, 0.2) is 6.61 Å². The van der Waals surface area contributed by atoms with Gasteiger partial charge in [-0.1, -0.05) is 12.8 Å². The second-order valence-electron chi connectivity index (χ2n) is 8.51. The van der Waals surface area contributed by atoms with E-state index in [9.17, 15) is 14.4 Å². The van der Waals surface area contributed by atoms with Crippen LogP contribution in [0.4, 0.5) is 5.00 Å². The first-order valence-electron chi connectivity index (χ1n) is 10.9. The Morgan fingerprint density at radius 2 is 1.83 bits per heavy atom. The molecule has 2 heterocycles. The van der Waals surface area contributed by atoms with Crippen LogP contribution in [-0.4, -0.2) is 41.9 Å². The molecule has 1 saturated heterocycles. The highest BCUT2D eigenvalue weighted by Gasteiger charge is 2.36. The Kier molecular flexibility index (Phi) is 6.23. The first kappa shape index (κ1) is 20.4. The Morgan fingerprint density at radius 3 is 2.66 bits per heavy atom. The minimum Gasteiger partial charge on any atom is -0.452 e. The molecule has 0 bridgehead atoms. The van der Waals surface area contributed by atoms with Gasteiger partial charge in [0.25, 0.3) is 5.91 Å². The lowest BCUT2D eigenvalue weighted by Gasteiger charge is -2.44. The molecule has 4 rings (SSSR count). The van der Waals surface area contributed by atoms with Crippen LogP contribution in [0, 0.1) is 5.92 Å². The molecular weight excluding hydrogens is 388 g/mol. The van der Waals surface area contributed by atoms with Crippen molar-refractivity contribution in [3.05, 3.63) is 16.0 Å². The summed E-state index contributed by atoms with van der Waals surface area (Å²) >= 11 is 1.47. The van der Waals surface area contributed by atoms with Crippen LogP contribution in [0.3, 0.4) is 0 Å². The molecule has 1 aromatic heterocycles. The van der Waals surface area contributed by atoms with Gasteiger partial charge in [-0.15, -0.1) is 11.3 Å². The van der Waals surface area contributed by atoms with Crippen molar-refractivity contribution in [1.29, 1.82) is 0 Å². The van der Waals surface area contributed by atoms with Crippen LogP contribution >= 0.6 is 11.3 Å². The zero-order valence-corrected chi connectivity index (χ0v) is 17.9. The Hall–Kier alpha value is -1.89. The van der Waals surface area contributed by atoms with Crippen molar-refractivity contribution in [2.75, 3.05) is 18.5 Å². The number of hydrogen-bond acceptors (Lipinski definition) is 5. The number of ether oxygens (including phenoxy) is 1. The fourth-order valence-corrected chi connectivity index (χ4v) is 6.57. The number of esters is 1. The molecular formula is C22H30N2O4S. The number of amides is 2. The van der Waals surface area contributed by atoms with Gasteiger partial charge >= 0.3 is 5.97 Å². The maximum atomic E-state index is 12.9. The van der Waals surface area contributed by atoms with Crippen molar-refractivity contribution in [2.24, 2.45) is 5.92 Å². The van der Waals surface area contributed by atoms with Crippen molar-refractivity contribution >= 4 is 34.1 Å². The summed E-state index contributed by atoms with van der Waals surface area (Å²) in [5.41, 5.74) is 1.45. The lowest BCUT2D eigenvalue weighted by molar-refractivity contribution is -0.140. The van der Waals surface area contributed by atoms with Crippen molar-refractivity contribution < 1.29 is 19.1 Å². The zero-order valence-electron chi connectivity index (χ0n) is 17.1. The lowest BCUT2D eigenvalue weighted by atomic mass is 9.78. The molecule has 3 aliphatic rings. The molecule has 0 unspecified atom stereocenters. The SMILES string of the molecule is CC(=O)Nc1sc2c(c1C(=O)OCC(=O)N1CCC[C@H]3CCCC[C@@H]31)CCCC2. The third kappa shape index (κ3) is 4.34. The van der Waals surface area contributed by atoms with E-state index in [0.717, 1.165) is 55.5 Å². The van der Waals surface area contributed by atoms with Gasteiger partial charge in [-0.25, -0.2) is 4.79 Å². The summed E-state index contributed by atoms with van der Waals surface area (Å²) in [4.78, 5) is 40.5. The number of carbonyl (C=O) groups excluding carboxylic acids is 3. The number of hydrogen-bond donors (Lipinski definition) is 1. The zero-order chi connectivity index (χ0) is 20.4. The number of piperidine rings is 1. The second-order valence-corrected chi connectivity index (χ2v) is 9.62. The van der Waals surface area contributed by atoms with Crippen molar-refractivity contribution in [3.8, 4) is 0 Å². The Balaban J connectivity index is 1.45. The number of nitrogens with zero attached hydrogens (tertiary/aromatic N) is 1. The van der Waals surface area contributed by atoms with Gasteiger partial charge in [0.05, 0.1) is 5.56 Å². The second kappa shape index (κ2) is 8.86. The van der Waals surface area contributed by atoms with Gasteiger partial charge in [-0.2, -0.15) is 0 Å². The fraction of sp³-hybridized carbons (Fsp3) is 0.682. The summed E-state index contributed by atoms with van der Waals surface area (Å²) in [6.45, 7) is 1.99. The fourth-order valence-electron chi connectivity index (χ4n) is 5.25. The molecule has 2 amide bonds. The molecule has 2 atom stereocenters. The average molecular weight is 419 g/mol. The molecule has 29 heavy (non-hydrogen) atoms. The third-order valence-corrected chi connectivity index (χ3v) is 7.76. The van der Waals surface area contributed by atoms with Crippen LogP contribution in [0.15, 0.2) is 0 Å². The number of nitrogens with one attached hydrogen (secondary N) is 1. The number of anilines is 1. The molecule has 158 valence electrons. The van der Waals surface area contributed by atoms with E-state index < -0.39 is 5.97 Å². The molecule has 0 aromatic carbocycles. The summed E-state index contributed by atoms with van der Waals surface area (Å²) in [6.07, 6.45) is 10.8. The molecule has 7 heteroatoms. The molecule has 1 N–H and O–H groups in total. The molecule has 1 aliphatic heterocycles. The van der Waals surface area contributed by atoms with Gasteiger partial charge in [0.1, 0.15) is 5.00 Å². The number of aryl methyl sites for hydroxylation is 1. The van der Waals surface area contributed by atoms with Crippen molar-refractivity contribution in [1.82, 2.24) is 4.90 Å². The maximum absolute atomic E-state index is 12.9. The van der Waals surface area contributed by atoms with E-state index in [1.54, 1.807) is 0 Å². The van der Waals surface area contributed by atoms with E-state index in [1.807, 2.05) is 4.90 Å². The van der Waals surface area contributed by atoms with E-state index in [0.29, 0.717) is 22.5 Å². The molecule has 0 spiro atoms. The Morgan fingerprint density at radius 1 is 1.07 bits per heavy atom. The minimum absolute atomic E-state index is 0.0832. The van der Waals surface area contributed by atoms with E-state index in [1.165, 1.54) is 43.9 Å². The summed E-state index contributed by atoms with van der Waals surface area (Å²) < 4.78 is 5.49. The standard InChI is InChI=1S/C22H30N2O4S/c1-14(25)23-21-20(16-9-3-5-11-18(16)29-21)22(27)28-13-19(26)24-12-6-8-15-7-2-4-10-17(15)24/h15,17H,2-13H2,1H3,(H,23,25)/t15-,17+/m1/s1. The minimum atomic E-state index is -0.487. The van der Waals surface area contributed by atoms with Crippen LogP contribution in [-0.2, 0) is 27.2 Å². The van der Waals surface area contributed by atoms with Gasteiger partial charge in [0, 0.05) is 24.4 Å². The number of rotatable bonds is 4. The molecule has 1 saturated carbocycles. The Labute approximate surface area is 176 Å². The number of carbonyl (C=O) groups is 3. The molecule has 6 nitrogen and oxygen atoms in total. The van der Waals surface area contributed by atoms with E-state index in [2.05, 4.69) is 5.32 Å². The molecule has 2 fully saturated rings. The average Bonchev–Trinajstić information content (AvgIpc) is 3.08. The third-order valence-electron chi connectivity index (χ3n) is 6.56. The highest BCUT2D eigenvalue weighted by Crippen LogP contribution is 2.39. The van der Waals surface area contributed by atoms with Crippen LogP contribution in [0.2, 0.25) is 0 Å². The first-order chi connectivity index (χ1) is 14.0. The summed E-state index contributed by atoms with van der Waals surface area (Å²) in [7, 11) is 0. The van der Waals surface area contributed by atoms with Crippen LogP contribution in [0.5, 0.6) is 0 Å². The number of thiophene rings is 1. The van der Waals surface area contributed by atoms with Gasteiger partial charge in [0.2, 0.25) is 5.91 Å². The van der Waals surface area contributed by atoms with Gasteiger partial charge in [-0.05, 0) is 62.8 Å². The largest absolute Gasteiger partial charge is 0.452 e. The highest BCUT2D eigenvalue weighted by atomic mass is 32.1. The predicted octanol–water partition coefficient (Wildman–Crippen LogP) is 3.92. The maximum Gasteiger partial charge on any atom is 0.341 e. The molecule has 2 aliphatic carbocycles. The highest BCUT2D eigenvalue weighted by molar-refractivity contribution is 7.17.